The summed E-state index contributed by atoms with van der Waals surface area (Å²) in [7, 11) is -0.192. The third kappa shape index (κ3) is 4.28. The number of sulfonamides is 1. The molecule has 0 aromatic heterocycles. The Morgan fingerprint density at radius 2 is 1.75 bits per heavy atom. The second kappa shape index (κ2) is 8.20. The van der Waals surface area contributed by atoms with E-state index >= 15 is 0 Å². The first-order chi connectivity index (χ1) is 13.4. The number of rotatable bonds is 6. The van der Waals surface area contributed by atoms with Gasteiger partial charge in [0.15, 0.2) is 0 Å². The molecular weight excluding hydrogens is 380 g/mol. The van der Waals surface area contributed by atoms with Crippen LogP contribution in [0.3, 0.4) is 0 Å². The highest BCUT2D eigenvalue weighted by atomic mass is 32.2. The Labute approximate surface area is 165 Å². The average Bonchev–Trinajstić information content (AvgIpc) is 2.72. The molecule has 0 saturated carbocycles. The second-order valence-corrected chi connectivity index (χ2v) is 8.78. The van der Waals surface area contributed by atoms with Gasteiger partial charge in [0, 0.05) is 30.4 Å². The van der Waals surface area contributed by atoms with Crippen molar-refractivity contribution in [3.05, 3.63) is 53.1 Å². The van der Waals surface area contributed by atoms with E-state index in [2.05, 4.69) is 5.32 Å². The Morgan fingerprint density at radius 1 is 1.07 bits per heavy atom. The van der Waals surface area contributed by atoms with E-state index < -0.39 is 10.0 Å². The topological polar surface area (TPSA) is 84.9 Å². The van der Waals surface area contributed by atoms with Crippen LogP contribution in [0, 0.1) is 0 Å². The van der Waals surface area contributed by atoms with Gasteiger partial charge in [0.05, 0.1) is 20.0 Å². The summed E-state index contributed by atoms with van der Waals surface area (Å²) >= 11 is 0. The molecule has 0 aliphatic carbocycles. The fourth-order valence-corrected chi connectivity index (χ4v) is 4.24. The summed E-state index contributed by atoms with van der Waals surface area (Å²) in [5.41, 5.74) is 3.03. The zero-order chi connectivity index (χ0) is 20.3. The van der Waals surface area contributed by atoms with E-state index in [1.165, 1.54) is 18.5 Å². The molecule has 0 radical (unpaired) electrons. The molecule has 8 heteroatoms. The number of hydrogen-bond donors (Lipinski definition) is 1. The van der Waals surface area contributed by atoms with E-state index in [0.29, 0.717) is 42.3 Å². The molecule has 1 aliphatic rings. The van der Waals surface area contributed by atoms with Gasteiger partial charge in [-0.15, -0.1) is 0 Å². The molecule has 0 fully saturated rings. The molecule has 28 heavy (non-hydrogen) atoms. The average molecular weight is 404 g/mol. The van der Waals surface area contributed by atoms with Gasteiger partial charge in [-0.3, -0.25) is 4.79 Å². The van der Waals surface area contributed by atoms with Crippen molar-refractivity contribution in [2.24, 2.45) is 0 Å². The van der Waals surface area contributed by atoms with Crippen molar-refractivity contribution in [2.75, 3.05) is 31.8 Å². The molecule has 2 aromatic carbocycles. The third-order valence-corrected chi connectivity index (χ3v) is 6.64. The largest absolute Gasteiger partial charge is 0.497 e. The highest BCUT2D eigenvalue weighted by Crippen LogP contribution is 2.26. The standard InChI is InChI=1S/C20H24N2O5S/c1-4-28(24,25)22-8-7-14-5-6-17(9-16(14)13-22)21-20(23)15-10-18(26-2)12-19(11-15)27-3/h5-6,9-12H,4,7-8,13H2,1-3H3,(H,21,23). The molecule has 0 atom stereocenters. The molecule has 1 N–H and O–H groups in total. The van der Waals surface area contributed by atoms with Crippen molar-refractivity contribution in [3.8, 4) is 11.5 Å². The van der Waals surface area contributed by atoms with Gasteiger partial charge in [-0.2, -0.15) is 4.31 Å². The van der Waals surface area contributed by atoms with E-state index in [0.717, 1.165) is 11.1 Å². The summed E-state index contributed by atoms with van der Waals surface area (Å²) in [6.45, 7) is 2.45. The van der Waals surface area contributed by atoms with Crippen LogP contribution in [-0.2, 0) is 23.0 Å². The van der Waals surface area contributed by atoms with Crippen molar-refractivity contribution in [1.82, 2.24) is 4.31 Å². The normalized spacial score (nSPS) is 14.2. The molecule has 2 aromatic rings. The van der Waals surface area contributed by atoms with Gasteiger partial charge in [0.25, 0.3) is 5.91 Å². The second-order valence-electron chi connectivity index (χ2n) is 6.52. The molecule has 150 valence electrons. The van der Waals surface area contributed by atoms with Crippen LogP contribution in [0.15, 0.2) is 36.4 Å². The third-order valence-electron chi connectivity index (χ3n) is 4.81. The minimum absolute atomic E-state index is 0.0798. The molecule has 1 amide bonds. The minimum atomic E-state index is -3.24. The number of nitrogens with one attached hydrogen (secondary N) is 1. The van der Waals surface area contributed by atoms with Crippen LogP contribution < -0.4 is 14.8 Å². The molecule has 0 bridgehead atoms. The Balaban J connectivity index is 1.81. The number of ether oxygens (including phenoxy) is 2. The Kier molecular flexibility index (Phi) is 5.90. The van der Waals surface area contributed by atoms with Gasteiger partial charge in [0.1, 0.15) is 11.5 Å². The molecule has 1 heterocycles. The summed E-state index contributed by atoms with van der Waals surface area (Å²) < 4.78 is 36.2. The highest BCUT2D eigenvalue weighted by Gasteiger charge is 2.25. The predicted octanol–water partition coefficient (Wildman–Crippen LogP) is 2.66. The van der Waals surface area contributed by atoms with Crippen molar-refractivity contribution < 1.29 is 22.7 Å². The number of anilines is 1. The van der Waals surface area contributed by atoms with Gasteiger partial charge in [-0.05, 0) is 48.7 Å². The first kappa shape index (κ1) is 20.2. The quantitative estimate of drug-likeness (QED) is 0.800. The summed E-state index contributed by atoms with van der Waals surface area (Å²) in [5.74, 6) is 0.827. The summed E-state index contributed by atoms with van der Waals surface area (Å²) in [6.07, 6.45) is 0.663. The molecule has 3 rings (SSSR count). The number of hydrogen-bond acceptors (Lipinski definition) is 5. The lowest BCUT2D eigenvalue weighted by atomic mass is 10.0. The maximum Gasteiger partial charge on any atom is 0.255 e. The first-order valence-corrected chi connectivity index (χ1v) is 10.6. The monoisotopic (exact) mass is 404 g/mol. The number of carbonyl (C=O) groups excluding carboxylic acids is 1. The SMILES string of the molecule is CCS(=O)(=O)N1CCc2ccc(NC(=O)c3cc(OC)cc(OC)c3)cc2C1. The highest BCUT2D eigenvalue weighted by molar-refractivity contribution is 7.89. The van der Waals surface area contributed by atoms with Crippen LogP contribution in [-0.4, -0.2) is 45.1 Å². The summed E-state index contributed by atoms with van der Waals surface area (Å²) in [4.78, 5) is 12.7. The van der Waals surface area contributed by atoms with Crippen molar-refractivity contribution in [3.63, 3.8) is 0 Å². The van der Waals surface area contributed by atoms with E-state index in [9.17, 15) is 13.2 Å². The van der Waals surface area contributed by atoms with Crippen LogP contribution in [0.4, 0.5) is 5.69 Å². The fourth-order valence-electron chi connectivity index (χ4n) is 3.17. The molecule has 0 spiro atoms. The Hall–Kier alpha value is -2.58. The van der Waals surface area contributed by atoms with Gasteiger partial charge < -0.3 is 14.8 Å². The van der Waals surface area contributed by atoms with E-state index in [-0.39, 0.29) is 11.7 Å². The summed E-state index contributed by atoms with van der Waals surface area (Å²) in [5, 5.41) is 2.86. The molecule has 7 nitrogen and oxygen atoms in total. The smallest absolute Gasteiger partial charge is 0.255 e. The number of benzene rings is 2. The lowest BCUT2D eigenvalue weighted by molar-refractivity contribution is 0.102. The first-order valence-electron chi connectivity index (χ1n) is 9.00. The number of fused-ring (bicyclic) bond motifs is 1. The fraction of sp³-hybridized carbons (Fsp3) is 0.350. The van der Waals surface area contributed by atoms with E-state index in [4.69, 9.17) is 9.47 Å². The minimum Gasteiger partial charge on any atom is -0.497 e. The van der Waals surface area contributed by atoms with E-state index in [1.807, 2.05) is 18.2 Å². The molecule has 0 unspecified atom stereocenters. The number of amides is 1. The van der Waals surface area contributed by atoms with Crippen molar-refractivity contribution >= 4 is 21.6 Å². The molecular formula is C20H24N2O5S. The maximum absolute atomic E-state index is 12.7. The van der Waals surface area contributed by atoms with E-state index in [1.54, 1.807) is 25.1 Å². The van der Waals surface area contributed by atoms with Gasteiger partial charge in [-0.1, -0.05) is 6.07 Å². The van der Waals surface area contributed by atoms with Crippen molar-refractivity contribution in [2.45, 2.75) is 19.9 Å². The Morgan fingerprint density at radius 3 is 2.36 bits per heavy atom. The van der Waals surface area contributed by atoms with Crippen LogP contribution >= 0.6 is 0 Å². The van der Waals surface area contributed by atoms with Crippen LogP contribution in [0.2, 0.25) is 0 Å². The molecule has 1 aliphatic heterocycles. The molecule has 0 saturated heterocycles. The lowest BCUT2D eigenvalue weighted by Gasteiger charge is -2.28. The van der Waals surface area contributed by atoms with Crippen LogP contribution in [0.5, 0.6) is 11.5 Å². The number of methoxy groups -OCH3 is 2. The number of carbonyl (C=O) groups is 1. The lowest BCUT2D eigenvalue weighted by Crippen LogP contribution is -2.36. The van der Waals surface area contributed by atoms with Gasteiger partial charge in [-0.25, -0.2) is 8.42 Å². The van der Waals surface area contributed by atoms with Crippen LogP contribution in [0.1, 0.15) is 28.4 Å². The van der Waals surface area contributed by atoms with Gasteiger partial charge in [0.2, 0.25) is 10.0 Å². The Bertz CT molecular complexity index is 966. The zero-order valence-electron chi connectivity index (χ0n) is 16.2. The van der Waals surface area contributed by atoms with Crippen LogP contribution in [0.25, 0.3) is 0 Å². The summed E-state index contributed by atoms with van der Waals surface area (Å²) in [6, 6.07) is 10.6. The predicted molar refractivity (Wildman–Crippen MR) is 108 cm³/mol. The zero-order valence-corrected chi connectivity index (χ0v) is 17.0. The maximum atomic E-state index is 12.7. The van der Waals surface area contributed by atoms with Gasteiger partial charge >= 0.3 is 0 Å². The number of nitrogens with zero attached hydrogens (tertiary/aromatic N) is 1. The van der Waals surface area contributed by atoms with Crippen molar-refractivity contribution in [1.29, 1.82) is 0 Å².